The molecule has 1 rings (SSSR count). The van der Waals surface area contributed by atoms with E-state index in [1.165, 1.54) is 4.90 Å². The van der Waals surface area contributed by atoms with E-state index in [1.54, 1.807) is 14.0 Å². The number of nitrogens with zero attached hydrogens (tertiary/aromatic N) is 2. The van der Waals surface area contributed by atoms with Gasteiger partial charge in [0.2, 0.25) is 0 Å². The molecule has 0 saturated carbocycles. The summed E-state index contributed by atoms with van der Waals surface area (Å²) in [5, 5.41) is 0. The molecule has 0 saturated heterocycles. The number of pyridine rings is 1. The van der Waals surface area contributed by atoms with Crippen LogP contribution in [0.2, 0.25) is 0 Å². The van der Waals surface area contributed by atoms with Crippen LogP contribution in [0.5, 0.6) is 0 Å². The van der Waals surface area contributed by atoms with Crippen LogP contribution < -0.4 is 4.90 Å². The Kier molecular flexibility index (Phi) is 2.75. The van der Waals surface area contributed by atoms with Crippen molar-refractivity contribution in [1.82, 2.24) is 4.98 Å². The molecular formula is C8H9F3N2. The van der Waals surface area contributed by atoms with Gasteiger partial charge in [0, 0.05) is 19.7 Å². The van der Waals surface area contributed by atoms with Gasteiger partial charge in [-0.2, -0.15) is 9.37 Å². The maximum absolute atomic E-state index is 13.0. The third-order valence-electron chi connectivity index (χ3n) is 1.70. The zero-order valence-corrected chi connectivity index (χ0v) is 7.31. The Hall–Kier alpha value is -1.26. The summed E-state index contributed by atoms with van der Waals surface area (Å²) in [6.45, 7) is 2.22. The van der Waals surface area contributed by atoms with E-state index in [2.05, 4.69) is 4.98 Å². The summed E-state index contributed by atoms with van der Waals surface area (Å²) in [6.07, 6.45) is 0. The lowest BCUT2D eigenvalue weighted by Gasteiger charge is -2.15. The van der Waals surface area contributed by atoms with Crippen LogP contribution in [0, 0.1) is 17.6 Å². The van der Waals surface area contributed by atoms with Crippen LogP contribution in [0.4, 0.5) is 19.0 Å². The van der Waals surface area contributed by atoms with Crippen molar-refractivity contribution < 1.29 is 13.2 Å². The minimum atomic E-state index is -1.28. The SMILES string of the molecule is CCN(C)c1nc(F)c(F)cc1F. The fraction of sp³-hybridized carbons (Fsp3) is 0.375. The molecule has 0 unspecified atom stereocenters. The van der Waals surface area contributed by atoms with E-state index in [9.17, 15) is 13.2 Å². The van der Waals surface area contributed by atoms with Crippen molar-refractivity contribution >= 4 is 5.82 Å². The average Bonchev–Trinajstić information content (AvgIpc) is 2.10. The molecule has 0 aliphatic heterocycles. The first-order valence-corrected chi connectivity index (χ1v) is 3.79. The highest BCUT2D eigenvalue weighted by Gasteiger charge is 2.13. The first kappa shape index (κ1) is 9.83. The van der Waals surface area contributed by atoms with Crippen molar-refractivity contribution in [2.24, 2.45) is 0 Å². The lowest BCUT2D eigenvalue weighted by molar-refractivity contribution is 0.464. The second-order valence-corrected chi connectivity index (χ2v) is 2.58. The third kappa shape index (κ3) is 1.91. The van der Waals surface area contributed by atoms with E-state index in [-0.39, 0.29) is 5.82 Å². The third-order valence-corrected chi connectivity index (χ3v) is 1.70. The van der Waals surface area contributed by atoms with Crippen LogP contribution in [0.25, 0.3) is 0 Å². The van der Waals surface area contributed by atoms with E-state index < -0.39 is 17.6 Å². The number of hydrogen-bond donors (Lipinski definition) is 0. The Morgan fingerprint density at radius 3 is 2.46 bits per heavy atom. The Bertz CT molecular complexity index is 315. The topological polar surface area (TPSA) is 16.1 Å². The highest BCUT2D eigenvalue weighted by Crippen LogP contribution is 2.16. The van der Waals surface area contributed by atoms with Gasteiger partial charge in [-0.1, -0.05) is 0 Å². The molecule has 0 bridgehead atoms. The van der Waals surface area contributed by atoms with Crippen LogP contribution in [0.1, 0.15) is 6.92 Å². The van der Waals surface area contributed by atoms with Gasteiger partial charge < -0.3 is 4.90 Å². The Labute approximate surface area is 74.0 Å². The molecule has 5 heteroatoms. The Balaban J connectivity index is 3.15. The van der Waals surface area contributed by atoms with Crippen molar-refractivity contribution in [2.75, 3.05) is 18.5 Å². The van der Waals surface area contributed by atoms with Crippen molar-refractivity contribution in [3.8, 4) is 0 Å². The normalized spacial score (nSPS) is 10.2. The number of hydrogen-bond acceptors (Lipinski definition) is 2. The monoisotopic (exact) mass is 190 g/mol. The molecule has 0 spiro atoms. The maximum Gasteiger partial charge on any atom is 0.251 e. The second kappa shape index (κ2) is 3.64. The predicted octanol–water partition coefficient (Wildman–Crippen LogP) is 1.96. The molecule has 2 nitrogen and oxygen atoms in total. The predicted molar refractivity (Wildman–Crippen MR) is 43.1 cm³/mol. The van der Waals surface area contributed by atoms with Crippen molar-refractivity contribution in [2.45, 2.75) is 6.92 Å². The highest BCUT2D eigenvalue weighted by molar-refractivity contribution is 5.38. The van der Waals surface area contributed by atoms with Gasteiger partial charge in [-0.3, -0.25) is 0 Å². The quantitative estimate of drug-likeness (QED) is 0.662. The molecule has 0 atom stereocenters. The molecule has 1 heterocycles. The first-order valence-electron chi connectivity index (χ1n) is 3.79. The van der Waals surface area contributed by atoms with Gasteiger partial charge >= 0.3 is 0 Å². The van der Waals surface area contributed by atoms with Gasteiger partial charge in [0.05, 0.1) is 0 Å². The zero-order chi connectivity index (χ0) is 10.0. The smallest absolute Gasteiger partial charge is 0.251 e. The van der Waals surface area contributed by atoms with E-state index in [0.717, 1.165) is 0 Å². The zero-order valence-electron chi connectivity index (χ0n) is 7.31. The van der Waals surface area contributed by atoms with Gasteiger partial charge in [0.25, 0.3) is 5.95 Å². The summed E-state index contributed by atoms with van der Waals surface area (Å²) < 4.78 is 38.0. The molecule has 0 radical (unpaired) electrons. The maximum atomic E-state index is 13.0. The van der Waals surface area contributed by atoms with Crippen LogP contribution in [-0.4, -0.2) is 18.6 Å². The number of rotatable bonds is 2. The summed E-state index contributed by atoms with van der Waals surface area (Å²) in [5.74, 6) is -3.59. The molecule has 0 aliphatic rings. The molecular weight excluding hydrogens is 181 g/mol. The standard InChI is InChI=1S/C8H9F3N2/c1-3-13(2)8-6(10)4-5(9)7(11)12-8/h4H,3H2,1-2H3. The molecule has 0 aromatic carbocycles. The number of aromatic nitrogens is 1. The summed E-state index contributed by atoms with van der Waals surface area (Å²) in [7, 11) is 1.54. The van der Waals surface area contributed by atoms with Gasteiger partial charge in [-0.15, -0.1) is 0 Å². The fourth-order valence-corrected chi connectivity index (χ4v) is 0.853. The molecule has 0 aliphatic carbocycles. The van der Waals surface area contributed by atoms with Crippen molar-refractivity contribution in [3.05, 3.63) is 23.6 Å². The van der Waals surface area contributed by atoms with Gasteiger partial charge in [0.15, 0.2) is 17.5 Å². The second-order valence-electron chi connectivity index (χ2n) is 2.58. The van der Waals surface area contributed by atoms with E-state index in [0.29, 0.717) is 12.6 Å². The molecule has 13 heavy (non-hydrogen) atoms. The molecule has 1 aromatic rings. The van der Waals surface area contributed by atoms with Gasteiger partial charge in [-0.05, 0) is 6.92 Å². The summed E-state index contributed by atoms with van der Waals surface area (Å²) in [5.41, 5.74) is 0. The molecule has 0 N–H and O–H groups in total. The van der Waals surface area contributed by atoms with Gasteiger partial charge in [-0.25, -0.2) is 8.78 Å². The minimum Gasteiger partial charge on any atom is -0.357 e. The first-order chi connectivity index (χ1) is 6.06. The molecule has 72 valence electrons. The lowest BCUT2D eigenvalue weighted by atomic mass is 10.4. The Morgan fingerprint density at radius 1 is 1.31 bits per heavy atom. The van der Waals surface area contributed by atoms with Crippen LogP contribution >= 0.6 is 0 Å². The van der Waals surface area contributed by atoms with E-state index in [4.69, 9.17) is 0 Å². The van der Waals surface area contributed by atoms with Crippen LogP contribution in [0.3, 0.4) is 0 Å². The minimum absolute atomic E-state index is 0.179. The summed E-state index contributed by atoms with van der Waals surface area (Å²) >= 11 is 0. The van der Waals surface area contributed by atoms with Crippen LogP contribution in [0.15, 0.2) is 6.07 Å². The number of halogens is 3. The van der Waals surface area contributed by atoms with E-state index >= 15 is 0 Å². The summed E-state index contributed by atoms with van der Waals surface area (Å²) in [6, 6.07) is 0.490. The van der Waals surface area contributed by atoms with Crippen molar-refractivity contribution in [3.63, 3.8) is 0 Å². The highest BCUT2D eigenvalue weighted by atomic mass is 19.2. The van der Waals surface area contributed by atoms with Crippen molar-refractivity contribution in [1.29, 1.82) is 0 Å². The molecule has 1 aromatic heterocycles. The van der Waals surface area contributed by atoms with Gasteiger partial charge in [0.1, 0.15) is 0 Å². The largest absolute Gasteiger partial charge is 0.357 e. The lowest BCUT2D eigenvalue weighted by Crippen LogP contribution is -2.19. The van der Waals surface area contributed by atoms with Crippen LogP contribution in [-0.2, 0) is 0 Å². The molecule has 0 amide bonds. The summed E-state index contributed by atoms with van der Waals surface area (Å²) in [4.78, 5) is 4.54. The average molecular weight is 190 g/mol. The number of anilines is 1. The fourth-order valence-electron chi connectivity index (χ4n) is 0.853. The van der Waals surface area contributed by atoms with E-state index in [1.807, 2.05) is 0 Å². The Morgan fingerprint density at radius 2 is 1.92 bits per heavy atom. The molecule has 0 fully saturated rings.